The van der Waals surface area contributed by atoms with Gasteiger partial charge in [-0.3, -0.25) is 5.10 Å². The van der Waals surface area contributed by atoms with E-state index in [4.69, 9.17) is 10.5 Å². The Kier molecular flexibility index (Phi) is 3.63. The van der Waals surface area contributed by atoms with Crippen LogP contribution in [0.15, 0.2) is 57.7 Å². The van der Waals surface area contributed by atoms with Crippen molar-refractivity contribution in [1.82, 2.24) is 10.2 Å². The highest BCUT2D eigenvalue weighted by atomic mass is 79.9. The zero-order valence-electron chi connectivity index (χ0n) is 12.3. The van der Waals surface area contributed by atoms with Crippen molar-refractivity contribution in [1.29, 1.82) is 5.26 Å². The van der Waals surface area contributed by atoms with E-state index in [-0.39, 0.29) is 11.8 Å². The quantitative estimate of drug-likeness (QED) is 0.679. The number of nitriles is 1. The van der Waals surface area contributed by atoms with E-state index in [0.717, 1.165) is 26.2 Å². The first-order valence-corrected chi connectivity index (χ1v) is 8.81. The van der Waals surface area contributed by atoms with Crippen LogP contribution in [0, 0.1) is 11.3 Å². The minimum Gasteiger partial charge on any atom is -0.420 e. The molecule has 0 radical (unpaired) electrons. The van der Waals surface area contributed by atoms with E-state index in [2.05, 4.69) is 32.2 Å². The molecule has 0 spiro atoms. The summed E-state index contributed by atoms with van der Waals surface area (Å²) in [5.74, 6) is 0.217. The maximum atomic E-state index is 9.62. The van der Waals surface area contributed by atoms with Gasteiger partial charge in [0.1, 0.15) is 11.6 Å². The highest BCUT2D eigenvalue weighted by Gasteiger charge is 2.36. The van der Waals surface area contributed by atoms with E-state index >= 15 is 0 Å². The third-order valence-electron chi connectivity index (χ3n) is 3.87. The SMILES string of the molecule is N#CC1=C(N)Oc2n[nH]c(-c3ccccc3)c2C1c1cc(Br)cs1. The number of ether oxygens (including phenoxy) is 1. The number of benzene rings is 1. The first-order valence-electron chi connectivity index (χ1n) is 7.14. The van der Waals surface area contributed by atoms with Gasteiger partial charge in [-0.15, -0.1) is 16.4 Å². The van der Waals surface area contributed by atoms with E-state index in [0.29, 0.717) is 11.5 Å². The summed E-state index contributed by atoms with van der Waals surface area (Å²) in [5.41, 5.74) is 9.01. The second-order valence-electron chi connectivity index (χ2n) is 5.28. The molecule has 24 heavy (non-hydrogen) atoms. The molecule has 0 saturated heterocycles. The topological polar surface area (TPSA) is 87.7 Å². The van der Waals surface area contributed by atoms with Crippen LogP contribution in [0.4, 0.5) is 0 Å². The minimum atomic E-state index is -0.302. The molecule has 3 N–H and O–H groups in total. The van der Waals surface area contributed by atoms with Crippen LogP contribution in [0.2, 0.25) is 0 Å². The van der Waals surface area contributed by atoms with Crippen molar-refractivity contribution in [2.45, 2.75) is 5.92 Å². The van der Waals surface area contributed by atoms with E-state index in [1.54, 1.807) is 11.3 Å². The first kappa shape index (κ1) is 15.0. The minimum absolute atomic E-state index is 0.102. The van der Waals surface area contributed by atoms with Crippen LogP contribution in [-0.4, -0.2) is 10.2 Å². The summed E-state index contributed by atoms with van der Waals surface area (Å²) in [4.78, 5) is 1.00. The van der Waals surface area contributed by atoms with E-state index in [9.17, 15) is 5.26 Å². The predicted molar refractivity (Wildman–Crippen MR) is 95.3 cm³/mol. The highest BCUT2D eigenvalue weighted by molar-refractivity contribution is 9.10. The van der Waals surface area contributed by atoms with Gasteiger partial charge in [0.15, 0.2) is 0 Å². The molecule has 5 nitrogen and oxygen atoms in total. The van der Waals surface area contributed by atoms with Gasteiger partial charge in [-0.25, -0.2) is 0 Å². The number of rotatable bonds is 2. The number of fused-ring (bicyclic) bond motifs is 1. The van der Waals surface area contributed by atoms with Crippen LogP contribution in [0.1, 0.15) is 16.4 Å². The molecule has 3 aromatic rings. The number of halogens is 1. The highest BCUT2D eigenvalue weighted by Crippen LogP contribution is 2.47. The third-order valence-corrected chi connectivity index (χ3v) is 5.63. The number of nitrogens with zero attached hydrogens (tertiary/aromatic N) is 2. The Hall–Kier alpha value is -2.56. The summed E-state index contributed by atoms with van der Waals surface area (Å²) in [6.07, 6.45) is 0. The molecule has 0 saturated carbocycles. The van der Waals surface area contributed by atoms with Crippen molar-refractivity contribution in [3.05, 3.63) is 68.1 Å². The average molecular weight is 399 g/mol. The first-order chi connectivity index (χ1) is 11.7. The van der Waals surface area contributed by atoms with Crippen LogP contribution in [-0.2, 0) is 0 Å². The van der Waals surface area contributed by atoms with E-state index in [1.807, 2.05) is 41.8 Å². The largest absolute Gasteiger partial charge is 0.420 e. The van der Waals surface area contributed by atoms with Gasteiger partial charge in [-0.05, 0) is 27.6 Å². The summed E-state index contributed by atoms with van der Waals surface area (Å²) < 4.78 is 6.55. The van der Waals surface area contributed by atoms with Crippen LogP contribution in [0.25, 0.3) is 11.3 Å². The van der Waals surface area contributed by atoms with Gasteiger partial charge in [-0.2, -0.15) is 5.26 Å². The van der Waals surface area contributed by atoms with Gasteiger partial charge < -0.3 is 10.5 Å². The summed E-state index contributed by atoms with van der Waals surface area (Å²) in [5, 5.41) is 18.9. The molecule has 1 aromatic carbocycles. The lowest BCUT2D eigenvalue weighted by molar-refractivity contribution is 0.379. The number of hydrogen-bond acceptors (Lipinski definition) is 5. The molecule has 0 aliphatic carbocycles. The van der Waals surface area contributed by atoms with Crippen LogP contribution >= 0.6 is 27.3 Å². The Morgan fingerprint density at radius 1 is 1.33 bits per heavy atom. The van der Waals surface area contributed by atoms with Crippen LogP contribution in [0.5, 0.6) is 5.88 Å². The number of nitrogens with two attached hydrogens (primary N) is 1. The van der Waals surface area contributed by atoms with Crippen LogP contribution < -0.4 is 10.5 Å². The Morgan fingerprint density at radius 3 is 2.79 bits per heavy atom. The fourth-order valence-corrected chi connectivity index (χ4v) is 4.40. The number of aromatic amines is 1. The average Bonchev–Trinajstić information content (AvgIpc) is 3.20. The van der Waals surface area contributed by atoms with Gasteiger partial charge in [0.25, 0.3) is 0 Å². The molecule has 7 heteroatoms. The molecule has 1 aliphatic rings. The molecule has 1 aliphatic heterocycles. The molecule has 118 valence electrons. The van der Waals surface area contributed by atoms with Gasteiger partial charge >= 0.3 is 0 Å². The molecule has 2 aromatic heterocycles. The van der Waals surface area contributed by atoms with Crippen molar-refractivity contribution in [3.8, 4) is 23.2 Å². The number of H-pyrrole nitrogens is 1. The molecule has 0 bridgehead atoms. The van der Waals surface area contributed by atoms with Crippen molar-refractivity contribution in [2.75, 3.05) is 0 Å². The molecular formula is C17H11BrN4OS. The molecule has 0 fully saturated rings. The monoisotopic (exact) mass is 398 g/mol. The van der Waals surface area contributed by atoms with Gasteiger partial charge in [0.2, 0.25) is 11.8 Å². The lowest BCUT2D eigenvalue weighted by Crippen LogP contribution is -2.20. The van der Waals surface area contributed by atoms with E-state index in [1.165, 1.54) is 0 Å². The molecule has 3 heterocycles. The van der Waals surface area contributed by atoms with Gasteiger partial charge in [0.05, 0.1) is 17.2 Å². The Labute approximate surface area is 150 Å². The van der Waals surface area contributed by atoms with Crippen molar-refractivity contribution >= 4 is 27.3 Å². The van der Waals surface area contributed by atoms with E-state index < -0.39 is 0 Å². The van der Waals surface area contributed by atoms with Crippen molar-refractivity contribution in [2.24, 2.45) is 5.73 Å². The lowest BCUT2D eigenvalue weighted by atomic mass is 9.87. The van der Waals surface area contributed by atoms with Gasteiger partial charge in [-0.1, -0.05) is 30.3 Å². The Bertz CT molecular complexity index is 984. The number of hydrogen-bond donors (Lipinski definition) is 2. The fraction of sp³-hybridized carbons (Fsp3) is 0.0588. The fourth-order valence-electron chi connectivity index (χ4n) is 2.83. The summed E-state index contributed by atoms with van der Waals surface area (Å²) in [6, 6.07) is 14.0. The zero-order chi connectivity index (χ0) is 16.7. The van der Waals surface area contributed by atoms with Crippen molar-refractivity contribution < 1.29 is 4.74 Å². The summed E-state index contributed by atoms with van der Waals surface area (Å²) in [6.45, 7) is 0. The standard InChI is InChI=1S/C17H11BrN4OS/c18-10-6-12(24-8-10)13-11(7-19)16(20)23-17-14(13)15(21-22-17)9-4-2-1-3-5-9/h1-6,8,13H,20H2,(H,21,22). The molecule has 0 amide bonds. The number of aromatic nitrogens is 2. The Morgan fingerprint density at radius 2 is 2.12 bits per heavy atom. The molecule has 4 rings (SSSR count). The smallest absolute Gasteiger partial charge is 0.244 e. The number of allylic oxidation sites excluding steroid dienone is 1. The predicted octanol–water partition coefficient (Wildman–Crippen LogP) is 4.12. The number of nitrogens with one attached hydrogen (secondary N) is 1. The maximum absolute atomic E-state index is 9.62. The zero-order valence-corrected chi connectivity index (χ0v) is 14.7. The normalized spacial score (nSPS) is 16.4. The molecule has 1 atom stereocenters. The van der Waals surface area contributed by atoms with Crippen LogP contribution in [0.3, 0.4) is 0 Å². The summed E-state index contributed by atoms with van der Waals surface area (Å²) in [7, 11) is 0. The van der Waals surface area contributed by atoms with Crippen molar-refractivity contribution in [3.63, 3.8) is 0 Å². The molecular weight excluding hydrogens is 388 g/mol. The second-order valence-corrected chi connectivity index (χ2v) is 7.13. The third kappa shape index (κ3) is 2.31. The molecule has 1 unspecified atom stereocenters. The summed E-state index contributed by atoms with van der Waals surface area (Å²) >= 11 is 5.04. The Balaban J connectivity index is 1.96. The maximum Gasteiger partial charge on any atom is 0.244 e. The second kappa shape index (κ2) is 5.82. The van der Waals surface area contributed by atoms with Gasteiger partial charge in [0, 0.05) is 14.7 Å². The lowest BCUT2D eigenvalue weighted by Gasteiger charge is -2.22. The number of thiophene rings is 1.